The van der Waals surface area contributed by atoms with E-state index in [1.54, 1.807) is 25.1 Å². The molecule has 0 saturated carbocycles. The Kier molecular flexibility index (Phi) is 9.47. The molecule has 12 heteroatoms. The first kappa shape index (κ1) is 28.6. The molecule has 0 amide bonds. The van der Waals surface area contributed by atoms with Gasteiger partial charge in [0, 0.05) is 12.1 Å². The summed E-state index contributed by atoms with van der Waals surface area (Å²) in [5, 5.41) is 0. The largest absolute Gasteiger partial charge is 0.467 e. The molecule has 2 aliphatic rings. The Morgan fingerprint density at radius 2 is 1.29 bits per heavy atom. The third-order valence-corrected chi connectivity index (χ3v) is 5.88. The zero-order chi connectivity index (χ0) is 28.6. The van der Waals surface area contributed by atoms with Gasteiger partial charge < -0.3 is 42.6 Å². The van der Waals surface area contributed by atoms with Crippen LogP contribution in [0.3, 0.4) is 0 Å². The van der Waals surface area contributed by atoms with E-state index in [4.69, 9.17) is 42.6 Å². The average molecular weight is 575 g/mol. The van der Waals surface area contributed by atoms with Crippen LogP contribution in [0.2, 0.25) is 0 Å². The van der Waals surface area contributed by atoms with Gasteiger partial charge in [-0.25, -0.2) is 13.6 Å². The van der Waals surface area contributed by atoms with E-state index in [2.05, 4.69) is 0 Å². The van der Waals surface area contributed by atoms with Gasteiger partial charge in [0.1, 0.15) is 41.0 Å². The highest BCUT2D eigenvalue weighted by atomic mass is 19.1. The summed E-state index contributed by atoms with van der Waals surface area (Å²) >= 11 is 0. The van der Waals surface area contributed by atoms with Crippen LogP contribution < -0.4 is 23.7 Å². The maximum atomic E-state index is 14.5. The monoisotopic (exact) mass is 574 g/mol. The summed E-state index contributed by atoms with van der Waals surface area (Å²) in [5.41, 5.74) is 0.357. The van der Waals surface area contributed by atoms with Crippen LogP contribution in [0.15, 0.2) is 54.6 Å². The van der Waals surface area contributed by atoms with Gasteiger partial charge in [-0.1, -0.05) is 0 Å². The maximum Gasteiger partial charge on any atom is 0.346 e. The number of hydrogen-bond acceptors (Lipinski definition) is 10. The van der Waals surface area contributed by atoms with Gasteiger partial charge in [0.15, 0.2) is 25.2 Å². The molecule has 2 atom stereocenters. The van der Waals surface area contributed by atoms with Crippen molar-refractivity contribution < 1.29 is 56.2 Å². The van der Waals surface area contributed by atoms with E-state index < -0.39 is 17.6 Å². The number of esters is 1. The molecule has 3 aromatic rings. The summed E-state index contributed by atoms with van der Waals surface area (Å²) in [6.07, 6.45) is 0.214. The second-order valence-electron chi connectivity index (χ2n) is 9.13. The van der Waals surface area contributed by atoms with Crippen LogP contribution in [0, 0.1) is 18.6 Å². The summed E-state index contributed by atoms with van der Waals surface area (Å²) in [7, 11) is 0. The minimum absolute atomic E-state index is 0.0176. The molecule has 2 heterocycles. The van der Waals surface area contributed by atoms with Gasteiger partial charge in [-0.2, -0.15) is 0 Å². The molecule has 0 N–H and O–H groups in total. The van der Waals surface area contributed by atoms with Crippen LogP contribution in [0.5, 0.6) is 28.7 Å². The summed E-state index contributed by atoms with van der Waals surface area (Å²) in [6, 6.07) is 12.5. The molecule has 2 unspecified atom stereocenters. The lowest BCUT2D eigenvalue weighted by atomic mass is 10.2. The Morgan fingerprint density at radius 1 is 0.732 bits per heavy atom. The summed E-state index contributed by atoms with van der Waals surface area (Å²) in [4.78, 5) is 12.5. The van der Waals surface area contributed by atoms with Crippen molar-refractivity contribution in [1.82, 2.24) is 0 Å². The third-order valence-electron chi connectivity index (χ3n) is 5.88. The van der Waals surface area contributed by atoms with E-state index in [-0.39, 0.29) is 55.4 Å². The lowest BCUT2D eigenvalue weighted by Crippen LogP contribution is -2.12. The van der Waals surface area contributed by atoms with E-state index in [1.165, 1.54) is 30.3 Å². The van der Waals surface area contributed by atoms with Crippen LogP contribution in [-0.2, 0) is 18.9 Å². The molecular formula is C29H28F2O10. The Bertz CT molecular complexity index is 1340. The zero-order valence-corrected chi connectivity index (χ0v) is 22.1. The van der Waals surface area contributed by atoms with Gasteiger partial charge in [0.25, 0.3) is 0 Å². The molecule has 5 rings (SSSR count). The Balaban J connectivity index is 1.06. The molecule has 0 aromatic heterocycles. The molecule has 0 radical (unpaired) electrons. The van der Waals surface area contributed by atoms with Gasteiger partial charge in [-0.05, 0) is 55.0 Å². The molecule has 2 aliphatic heterocycles. The van der Waals surface area contributed by atoms with Gasteiger partial charge in [-0.3, -0.25) is 0 Å². The number of epoxide rings is 2. The van der Waals surface area contributed by atoms with Gasteiger partial charge in [0.2, 0.25) is 6.79 Å². The lowest BCUT2D eigenvalue weighted by Gasteiger charge is -2.13. The fourth-order valence-corrected chi connectivity index (χ4v) is 3.51. The SMILES string of the molecule is Cc1cc(OC(=O)c2ccc(OCOCC3CO3)cc2F)ccc1OCOc1ccc(OCOCC2CO2)cc1F. The van der Waals surface area contributed by atoms with E-state index in [0.29, 0.717) is 43.5 Å². The van der Waals surface area contributed by atoms with Crippen molar-refractivity contribution in [1.29, 1.82) is 0 Å². The van der Waals surface area contributed by atoms with Crippen molar-refractivity contribution in [3.63, 3.8) is 0 Å². The Hall–Kier alpha value is -3.97. The molecule has 0 spiro atoms. The van der Waals surface area contributed by atoms with Gasteiger partial charge >= 0.3 is 5.97 Å². The topological polar surface area (TPSA) is 107 Å². The van der Waals surface area contributed by atoms with Crippen molar-refractivity contribution in [3.8, 4) is 28.7 Å². The van der Waals surface area contributed by atoms with Crippen LogP contribution >= 0.6 is 0 Å². The summed E-state index contributed by atoms with van der Waals surface area (Å²) in [5.74, 6) is -1.20. The lowest BCUT2D eigenvalue weighted by molar-refractivity contribution is 0.00788. The minimum atomic E-state index is -0.876. The molecule has 0 aliphatic carbocycles. The molecule has 10 nitrogen and oxygen atoms in total. The highest BCUT2D eigenvalue weighted by Crippen LogP contribution is 2.27. The number of carbonyl (C=O) groups excluding carboxylic acids is 1. The third kappa shape index (κ3) is 8.76. The Morgan fingerprint density at radius 3 is 1.88 bits per heavy atom. The number of ether oxygens (including phenoxy) is 9. The van der Waals surface area contributed by atoms with Crippen molar-refractivity contribution in [2.75, 3.05) is 46.8 Å². The fraction of sp³-hybridized carbons (Fsp3) is 0.345. The molecule has 2 fully saturated rings. The normalized spacial score (nSPS) is 17.0. The number of aryl methyl sites for hydroxylation is 1. The second kappa shape index (κ2) is 13.6. The van der Waals surface area contributed by atoms with Crippen molar-refractivity contribution in [3.05, 3.63) is 77.4 Å². The van der Waals surface area contributed by atoms with E-state index in [0.717, 1.165) is 6.07 Å². The maximum absolute atomic E-state index is 14.5. The first-order chi connectivity index (χ1) is 19.9. The number of halogens is 2. The Labute approximate surface area is 234 Å². The van der Waals surface area contributed by atoms with Crippen molar-refractivity contribution in [2.24, 2.45) is 0 Å². The van der Waals surface area contributed by atoms with Crippen LogP contribution in [0.4, 0.5) is 8.78 Å². The molecule has 3 aromatic carbocycles. The molecule has 41 heavy (non-hydrogen) atoms. The summed E-state index contributed by atoms with van der Waals surface area (Å²) < 4.78 is 76.4. The quantitative estimate of drug-likeness (QED) is 0.0803. The van der Waals surface area contributed by atoms with Crippen molar-refractivity contribution >= 4 is 5.97 Å². The fourth-order valence-electron chi connectivity index (χ4n) is 3.51. The van der Waals surface area contributed by atoms with Gasteiger partial charge in [0.05, 0.1) is 32.0 Å². The van der Waals surface area contributed by atoms with Crippen molar-refractivity contribution in [2.45, 2.75) is 19.1 Å². The van der Waals surface area contributed by atoms with E-state index in [9.17, 15) is 13.6 Å². The predicted octanol–water partition coefficient (Wildman–Crippen LogP) is 4.41. The molecule has 218 valence electrons. The number of benzene rings is 3. The predicted molar refractivity (Wildman–Crippen MR) is 137 cm³/mol. The average Bonchev–Trinajstić information content (AvgIpc) is 3.88. The number of rotatable bonds is 16. The first-order valence-corrected chi connectivity index (χ1v) is 12.8. The highest BCUT2D eigenvalue weighted by Gasteiger charge is 2.23. The van der Waals surface area contributed by atoms with Crippen LogP contribution in [0.25, 0.3) is 0 Å². The molecular weight excluding hydrogens is 546 g/mol. The summed E-state index contributed by atoms with van der Waals surface area (Å²) in [6.45, 7) is 3.54. The molecule has 2 saturated heterocycles. The van der Waals surface area contributed by atoms with Crippen LogP contribution in [0.1, 0.15) is 15.9 Å². The van der Waals surface area contributed by atoms with Gasteiger partial charge in [-0.15, -0.1) is 0 Å². The number of hydrogen-bond donors (Lipinski definition) is 0. The van der Waals surface area contributed by atoms with E-state index in [1.807, 2.05) is 0 Å². The smallest absolute Gasteiger partial charge is 0.346 e. The van der Waals surface area contributed by atoms with E-state index >= 15 is 0 Å². The standard InChI is InChI=1S/C29H28F2O10/c1-18-8-21(41-29(32)24-5-2-19(9-25(24)30)37-15-33-11-22-13-35-22)4-6-27(18)39-17-40-28-7-3-20(10-26(28)31)38-16-34-12-23-14-36-23/h2-10,22-23H,11-17H2,1H3. The van der Waals surface area contributed by atoms with Crippen LogP contribution in [-0.4, -0.2) is 65.0 Å². The highest BCUT2D eigenvalue weighted by molar-refractivity contribution is 5.91. The minimum Gasteiger partial charge on any atom is -0.467 e. The number of carbonyl (C=O) groups is 1. The second-order valence-corrected chi connectivity index (χ2v) is 9.13. The first-order valence-electron chi connectivity index (χ1n) is 12.8. The zero-order valence-electron chi connectivity index (χ0n) is 22.1. The molecule has 0 bridgehead atoms.